The molecule has 0 radical (unpaired) electrons. The minimum Gasteiger partial charge on any atom is -0.271 e. The summed E-state index contributed by atoms with van der Waals surface area (Å²) in [7, 11) is 0. The third-order valence-corrected chi connectivity index (χ3v) is 4.16. The summed E-state index contributed by atoms with van der Waals surface area (Å²) in [4.78, 5) is 0. The van der Waals surface area contributed by atoms with Crippen molar-refractivity contribution in [3.05, 3.63) is 35.4 Å². The first-order valence-corrected chi connectivity index (χ1v) is 6.92. The van der Waals surface area contributed by atoms with E-state index in [9.17, 15) is 8.78 Å². The van der Waals surface area contributed by atoms with Crippen LogP contribution in [0.3, 0.4) is 0 Å². The molecule has 2 nitrogen and oxygen atoms in total. The molecule has 0 heterocycles. The van der Waals surface area contributed by atoms with Crippen molar-refractivity contribution in [1.82, 2.24) is 5.43 Å². The Labute approximate surface area is 113 Å². The first-order chi connectivity index (χ1) is 9.01. The van der Waals surface area contributed by atoms with E-state index in [1.807, 2.05) is 0 Å². The average Bonchev–Trinajstić information content (AvgIpc) is 2.33. The summed E-state index contributed by atoms with van der Waals surface area (Å²) >= 11 is 0. The van der Waals surface area contributed by atoms with E-state index in [-0.39, 0.29) is 12.0 Å². The van der Waals surface area contributed by atoms with Gasteiger partial charge in [0.25, 0.3) is 0 Å². The normalized spacial score (nSPS) is 29.2. The zero-order valence-electron chi connectivity index (χ0n) is 11.5. The van der Waals surface area contributed by atoms with E-state index in [1.54, 1.807) is 0 Å². The van der Waals surface area contributed by atoms with Crippen molar-refractivity contribution < 1.29 is 8.78 Å². The second-order valence-corrected chi connectivity index (χ2v) is 5.99. The van der Waals surface area contributed by atoms with E-state index in [4.69, 9.17) is 5.84 Å². The van der Waals surface area contributed by atoms with Crippen LogP contribution in [0.1, 0.15) is 44.7 Å². The number of hydrogen-bond acceptors (Lipinski definition) is 2. The molecule has 1 fully saturated rings. The Morgan fingerprint density at radius 1 is 1.16 bits per heavy atom. The third kappa shape index (κ3) is 3.31. The molecule has 1 saturated carbocycles. The van der Waals surface area contributed by atoms with Crippen LogP contribution in [0.5, 0.6) is 0 Å². The lowest BCUT2D eigenvalue weighted by molar-refractivity contribution is 0.175. The van der Waals surface area contributed by atoms with Gasteiger partial charge in [0.2, 0.25) is 0 Å². The number of hydrazine groups is 1. The van der Waals surface area contributed by atoms with Gasteiger partial charge >= 0.3 is 0 Å². The van der Waals surface area contributed by atoms with Gasteiger partial charge in [-0.25, -0.2) is 8.78 Å². The first kappa shape index (κ1) is 14.4. The van der Waals surface area contributed by atoms with E-state index >= 15 is 0 Å². The molecule has 3 atom stereocenters. The lowest BCUT2D eigenvalue weighted by Crippen LogP contribution is -2.37. The molecule has 2 rings (SSSR count). The van der Waals surface area contributed by atoms with Gasteiger partial charge < -0.3 is 0 Å². The maximum Gasteiger partial charge on any atom is 0.128 e. The zero-order chi connectivity index (χ0) is 14.0. The van der Waals surface area contributed by atoms with Crippen molar-refractivity contribution in [3.63, 3.8) is 0 Å². The largest absolute Gasteiger partial charge is 0.271 e. The minimum atomic E-state index is -0.423. The van der Waals surface area contributed by atoms with Crippen LogP contribution in [0, 0.1) is 29.4 Å². The van der Waals surface area contributed by atoms with Gasteiger partial charge in [-0.1, -0.05) is 13.8 Å². The maximum absolute atomic E-state index is 13.9. The maximum atomic E-state index is 13.9. The van der Waals surface area contributed by atoms with E-state index in [1.165, 1.54) is 18.6 Å². The molecule has 1 aromatic rings. The molecular weight excluding hydrogens is 246 g/mol. The van der Waals surface area contributed by atoms with E-state index in [0.29, 0.717) is 17.4 Å². The molecule has 19 heavy (non-hydrogen) atoms. The van der Waals surface area contributed by atoms with Crippen LogP contribution in [-0.2, 0) is 0 Å². The third-order valence-electron chi connectivity index (χ3n) is 4.16. The van der Waals surface area contributed by atoms with Gasteiger partial charge in [-0.2, -0.15) is 0 Å². The van der Waals surface area contributed by atoms with Crippen molar-refractivity contribution in [3.8, 4) is 0 Å². The highest BCUT2D eigenvalue weighted by atomic mass is 19.1. The lowest BCUT2D eigenvalue weighted by atomic mass is 9.72. The van der Waals surface area contributed by atoms with Crippen LogP contribution in [0.2, 0.25) is 0 Å². The number of nitrogens with one attached hydrogen (secondary N) is 1. The Bertz CT molecular complexity index is 426. The first-order valence-electron chi connectivity index (χ1n) is 6.92. The van der Waals surface area contributed by atoms with Crippen LogP contribution in [0.25, 0.3) is 0 Å². The molecule has 0 bridgehead atoms. The molecule has 0 aliphatic heterocycles. The fourth-order valence-electron chi connectivity index (χ4n) is 3.51. The predicted octanol–water partition coefficient (Wildman–Crippen LogP) is 3.54. The van der Waals surface area contributed by atoms with Crippen LogP contribution >= 0.6 is 0 Å². The number of benzene rings is 1. The molecule has 0 saturated heterocycles. The molecular formula is C15H22F2N2. The fourth-order valence-corrected chi connectivity index (χ4v) is 3.51. The monoisotopic (exact) mass is 268 g/mol. The van der Waals surface area contributed by atoms with Crippen molar-refractivity contribution >= 4 is 0 Å². The van der Waals surface area contributed by atoms with Crippen LogP contribution < -0.4 is 11.3 Å². The van der Waals surface area contributed by atoms with Gasteiger partial charge in [0.15, 0.2) is 0 Å². The summed E-state index contributed by atoms with van der Waals surface area (Å²) in [5, 5.41) is 0. The standard InChI is InChI=1S/C15H22F2N2/c1-9-5-10(2)7-11(6-9)15(19-18)13-8-12(16)3-4-14(13)17/h3-4,8-11,15,19H,5-7,18H2,1-2H3. The van der Waals surface area contributed by atoms with Crippen LogP contribution in [0.4, 0.5) is 8.78 Å². The second-order valence-electron chi connectivity index (χ2n) is 5.99. The SMILES string of the molecule is CC1CC(C)CC(C(NN)c2cc(F)ccc2F)C1. The van der Waals surface area contributed by atoms with Crippen LogP contribution in [0.15, 0.2) is 18.2 Å². The molecule has 1 aliphatic rings. The highest BCUT2D eigenvalue weighted by molar-refractivity contribution is 5.23. The fraction of sp³-hybridized carbons (Fsp3) is 0.600. The summed E-state index contributed by atoms with van der Waals surface area (Å²) in [6.45, 7) is 4.41. The Morgan fingerprint density at radius 3 is 2.37 bits per heavy atom. The predicted molar refractivity (Wildman–Crippen MR) is 72.1 cm³/mol. The summed E-state index contributed by atoms with van der Waals surface area (Å²) in [6, 6.07) is 3.24. The zero-order valence-corrected chi connectivity index (χ0v) is 11.5. The Hall–Kier alpha value is -1.00. The average molecular weight is 268 g/mol. The topological polar surface area (TPSA) is 38.0 Å². The molecule has 1 aliphatic carbocycles. The van der Waals surface area contributed by atoms with Crippen molar-refractivity contribution in [2.75, 3.05) is 0 Å². The van der Waals surface area contributed by atoms with Crippen molar-refractivity contribution in [2.24, 2.45) is 23.6 Å². The molecule has 3 N–H and O–H groups in total. The van der Waals surface area contributed by atoms with Gasteiger partial charge in [-0.15, -0.1) is 0 Å². The van der Waals surface area contributed by atoms with E-state index < -0.39 is 11.6 Å². The van der Waals surface area contributed by atoms with Crippen molar-refractivity contribution in [1.29, 1.82) is 0 Å². The lowest BCUT2D eigenvalue weighted by Gasteiger charge is -2.36. The van der Waals surface area contributed by atoms with E-state index in [2.05, 4.69) is 19.3 Å². The summed E-state index contributed by atoms with van der Waals surface area (Å²) in [6.07, 6.45) is 3.18. The summed E-state index contributed by atoms with van der Waals surface area (Å²) < 4.78 is 27.2. The van der Waals surface area contributed by atoms with Gasteiger partial charge in [0.1, 0.15) is 11.6 Å². The minimum absolute atomic E-state index is 0.250. The number of hydrogen-bond donors (Lipinski definition) is 2. The van der Waals surface area contributed by atoms with E-state index in [0.717, 1.165) is 18.9 Å². The number of rotatable bonds is 3. The second kappa shape index (κ2) is 5.97. The van der Waals surface area contributed by atoms with Crippen LogP contribution in [-0.4, -0.2) is 0 Å². The smallest absolute Gasteiger partial charge is 0.128 e. The van der Waals surface area contributed by atoms with Gasteiger partial charge in [0, 0.05) is 5.56 Å². The molecule has 3 unspecified atom stereocenters. The summed E-state index contributed by atoms with van der Waals surface area (Å²) in [5.74, 6) is 6.24. The van der Waals surface area contributed by atoms with Gasteiger partial charge in [-0.3, -0.25) is 11.3 Å². The van der Waals surface area contributed by atoms with Gasteiger partial charge in [0.05, 0.1) is 6.04 Å². The Kier molecular flexibility index (Phi) is 4.53. The van der Waals surface area contributed by atoms with Crippen molar-refractivity contribution in [2.45, 2.75) is 39.2 Å². The Morgan fingerprint density at radius 2 is 1.79 bits per heavy atom. The molecule has 1 aromatic carbocycles. The molecule has 0 aromatic heterocycles. The molecule has 0 spiro atoms. The van der Waals surface area contributed by atoms with Gasteiger partial charge in [-0.05, 0) is 55.2 Å². The quantitative estimate of drug-likeness (QED) is 0.650. The highest BCUT2D eigenvalue weighted by Gasteiger charge is 2.31. The highest BCUT2D eigenvalue weighted by Crippen LogP contribution is 2.40. The number of nitrogens with two attached hydrogens (primary N) is 1. The molecule has 0 amide bonds. The molecule has 4 heteroatoms. The number of halogens is 2. The Balaban J connectivity index is 2.26. The molecule has 106 valence electrons. The summed E-state index contributed by atoms with van der Waals surface area (Å²) in [5.41, 5.74) is 3.03.